The Labute approximate surface area is 182 Å². The average Bonchev–Trinajstić information content (AvgIpc) is 3.11. The molecule has 164 valence electrons. The zero-order valence-electron chi connectivity index (χ0n) is 17.8. The first-order valence-corrected chi connectivity index (χ1v) is 10.8. The van der Waals surface area contributed by atoms with E-state index in [0.29, 0.717) is 62.7 Å². The summed E-state index contributed by atoms with van der Waals surface area (Å²) in [7, 11) is 0. The molecule has 0 radical (unpaired) electrons. The number of benzene rings is 2. The van der Waals surface area contributed by atoms with Crippen molar-refractivity contribution in [3.05, 3.63) is 53.6 Å². The van der Waals surface area contributed by atoms with Crippen LogP contribution in [0.2, 0.25) is 0 Å². The molecule has 2 aromatic carbocycles. The summed E-state index contributed by atoms with van der Waals surface area (Å²) in [6.45, 7) is 5.08. The Bertz CT molecular complexity index is 945. The van der Waals surface area contributed by atoms with E-state index in [0.717, 1.165) is 17.7 Å². The Balaban J connectivity index is 1.24. The van der Waals surface area contributed by atoms with Crippen LogP contribution in [-0.2, 0) is 4.79 Å². The first-order valence-electron chi connectivity index (χ1n) is 10.8. The molecular weight excluding hydrogens is 396 g/mol. The maximum atomic E-state index is 12.9. The van der Waals surface area contributed by atoms with Crippen LogP contribution in [0.25, 0.3) is 0 Å². The Hall–Kier alpha value is -3.22. The molecule has 2 aliphatic rings. The van der Waals surface area contributed by atoms with E-state index < -0.39 is 0 Å². The van der Waals surface area contributed by atoms with Crippen molar-refractivity contribution in [3.63, 3.8) is 0 Å². The number of amides is 2. The number of nitrogens with zero attached hydrogens (tertiary/aromatic N) is 2. The molecule has 0 N–H and O–H groups in total. The second-order valence-electron chi connectivity index (χ2n) is 7.81. The minimum absolute atomic E-state index is 0.0424. The highest BCUT2D eigenvalue weighted by molar-refractivity contribution is 5.95. The molecule has 2 aromatic rings. The van der Waals surface area contributed by atoms with Gasteiger partial charge in [0.1, 0.15) is 5.75 Å². The van der Waals surface area contributed by atoms with E-state index in [2.05, 4.69) is 0 Å². The molecule has 0 aliphatic carbocycles. The minimum Gasteiger partial charge on any atom is -0.493 e. The summed E-state index contributed by atoms with van der Waals surface area (Å²) in [6.07, 6.45) is 1.88. The molecule has 7 nitrogen and oxygen atoms in total. The lowest BCUT2D eigenvalue weighted by Gasteiger charge is -2.22. The van der Waals surface area contributed by atoms with Crippen molar-refractivity contribution in [1.82, 2.24) is 9.80 Å². The number of aryl methyl sites for hydroxylation is 1. The van der Waals surface area contributed by atoms with Crippen molar-refractivity contribution in [3.8, 4) is 17.2 Å². The highest BCUT2D eigenvalue weighted by atomic mass is 16.7. The summed E-state index contributed by atoms with van der Waals surface area (Å²) in [5.41, 5.74) is 1.67. The molecular formula is C24H28N2O5. The quantitative estimate of drug-likeness (QED) is 0.666. The number of para-hydroxylation sites is 1. The normalized spacial score (nSPS) is 15.5. The number of hydrogen-bond acceptors (Lipinski definition) is 5. The largest absolute Gasteiger partial charge is 0.493 e. The fourth-order valence-corrected chi connectivity index (χ4v) is 3.86. The van der Waals surface area contributed by atoms with Gasteiger partial charge in [-0.25, -0.2) is 0 Å². The first-order chi connectivity index (χ1) is 15.1. The van der Waals surface area contributed by atoms with Gasteiger partial charge in [0, 0.05) is 38.2 Å². The van der Waals surface area contributed by atoms with Crippen LogP contribution in [0.3, 0.4) is 0 Å². The van der Waals surface area contributed by atoms with E-state index in [9.17, 15) is 9.59 Å². The van der Waals surface area contributed by atoms with E-state index in [-0.39, 0.29) is 18.6 Å². The SMILES string of the molecule is Cc1ccccc1OCCCC(=O)N1CCCN(C(=O)c2ccc3c(c2)OCO3)CC1. The zero-order chi connectivity index (χ0) is 21.6. The maximum Gasteiger partial charge on any atom is 0.254 e. The van der Waals surface area contributed by atoms with Crippen LogP contribution < -0.4 is 14.2 Å². The minimum atomic E-state index is -0.0424. The van der Waals surface area contributed by atoms with Gasteiger partial charge in [0.15, 0.2) is 11.5 Å². The molecule has 0 saturated carbocycles. The number of fused-ring (bicyclic) bond motifs is 1. The fourth-order valence-electron chi connectivity index (χ4n) is 3.86. The van der Waals surface area contributed by atoms with E-state index in [1.165, 1.54) is 0 Å². The van der Waals surface area contributed by atoms with Gasteiger partial charge >= 0.3 is 0 Å². The molecule has 0 bridgehead atoms. The van der Waals surface area contributed by atoms with Crippen LogP contribution in [-0.4, -0.2) is 61.2 Å². The number of carbonyl (C=O) groups is 2. The highest BCUT2D eigenvalue weighted by Crippen LogP contribution is 2.32. The highest BCUT2D eigenvalue weighted by Gasteiger charge is 2.24. The van der Waals surface area contributed by atoms with Gasteiger partial charge in [0.05, 0.1) is 6.61 Å². The summed E-state index contributed by atoms with van der Waals surface area (Å²) in [5, 5.41) is 0. The summed E-state index contributed by atoms with van der Waals surface area (Å²) >= 11 is 0. The Morgan fingerprint density at radius 2 is 1.74 bits per heavy atom. The maximum absolute atomic E-state index is 12.9. The van der Waals surface area contributed by atoms with Gasteiger partial charge < -0.3 is 24.0 Å². The van der Waals surface area contributed by atoms with E-state index in [4.69, 9.17) is 14.2 Å². The zero-order valence-corrected chi connectivity index (χ0v) is 17.8. The monoisotopic (exact) mass is 424 g/mol. The molecule has 2 heterocycles. The smallest absolute Gasteiger partial charge is 0.254 e. The molecule has 0 unspecified atom stereocenters. The molecule has 4 rings (SSSR count). The van der Waals surface area contributed by atoms with Crippen LogP contribution in [0.15, 0.2) is 42.5 Å². The van der Waals surface area contributed by atoms with Crippen molar-refractivity contribution in [2.45, 2.75) is 26.2 Å². The Morgan fingerprint density at radius 3 is 2.61 bits per heavy atom. The molecule has 0 atom stereocenters. The van der Waals surface area contributed by atoms with Gasteiger partial charge in [0.2, 0.25) is 12.7 Å². The van der Waals surface area contributed by atoms with Crippen LogP contribution in [0, 0.1) is 6.92 Å². The van der Waals surface area contributed by atoms with Crippen molar-refractivity contribution in [2.75, 3.05) is 39.6 Å². The second-order valence-corrected chi connectivity index (χ2v) is 7.81. The summed E-state index contributed by atoms with van der Waals surface area (Å²) in [6, 6.07) is 13.1. The standard InChI is InChI=1S/C24H28N2O5/c1-18-6-2-3-7-20(18)29-15-4-8-23(27)25-11-5-12-26(14-13-25)24(28)19-9-10-21-22(16-19)31-17-30-21/h2-3,6-7,9-10,16H,4-5,8,11-15,17H2,1H3. The Morgan fingerprint density at radius 1 is 0.968 bits per heavy atom. The average molecular weight is 424 g/mol. The second kappa shape index (κ2) is 9.73. The molecule has 31 heavy (non-hydrogen) atoms. The molecule has 2 amide bonds. The van der Waals surface area contributed by atoms with Crippen molar-refractivity contribution in [1.29, 1.82) is 0 Å². The van der Waals surface area contributed by atoms with Gasteiger partial charge in [-0.05, 0) is 49.6 Å². The third-order valence-electron chi connectivity index (χ3n) is 5.64. The van der Waals surface area contributed by atoms with Gasteiger partial charge in [-0.2, -0.15) is 0 Å². The van der Waals surface area contributed by atoms with Crippen LogP contribution in [0.4, 0.5) is 0 Å². The first kappa shape index (κ1) is 21.0. The number of rotatable bonds is 6. The van der Waals surface area contributed by atoms with E-state index in [1.54, 1.807) is 18.2 Å². The molecule has 1 fully saturated rings. The van der Waals surface area contributed by atoms with Gasteiger partial charge in [-0.1, -0.05) is 18.2 Å². The summed E-state index contributed by atoms with van der Waals surface area (Å²) < 4.78 is 16.5. The van der Waals surface area contributed by atoms with E-state index in [1.807, 2.05) is 41.0 Å². The van der Waals surface area contributed by atoms with Crippen LogP contribution >= 0.6 is 0 Å². The molecule has 1 saturated heterocycles. The van der Waals surface area contributed by atoms with Gasteiger partial charge in [-0.15, -0.1) is 0 Å². The molecule has 7 heteroatoms. The fraction of sp³-hybridized carbons (Fsp3) is 0.417. The summed E-state index contributed by atoms with van der Waals surface area (Å²) in [5.74, 6) is 2.20. The van der Waals surface area contributed by atoms with Gasteiger partial charge in [-0.3, -0.25) is 9.59 Å². The lowest BCUT2D eigenvalue weighted by molar-refractivity contribution is -0.131. The molecule has 0 spiro atoms. The van der Waals surface area contributed by atoms with Crippen LogP contribution in [0.5, 0.6) is 17.2 Å². The van der Waals surface area contributed by atoms with Crippen molar-refractivity contribution in [2.24, 2.45) is 0 Å². The number of carbonyl (C=O) groups excluding carboxylic acids is 2. The number of ether oxygens (including phenoxy) is 3. The molecule has 0 aromatic heterocycles. The van der Waals surface area contributed by atoms with Crippen molar-refractivity contribution >= 4 is 11.8 Å². The van der Waals surface area contributed by atoms with Crippen LogP contribution in [0.1, 0.15) is 35.2 Å². The number of hydrogen-bond donors (Lipinski definition) is 0. The third kappa shape index (κ3) is 5.10. The summed E-state index contributed by atoms with van der Waals surface area (Å²) in [4.78, 5) is 29.2. The topological polar surface area (TPSA) is 68.3 Å². The van der Waals surface area contributed by atoms with E-state index >= 15 is 0 Å². The third-order valence-corrected chi connectivity index (χ3v) is 5.64. The molecule has 2 aliphatic heterocycles. The lowest BCUT2D eigenvalue weighted by Crippen LogP contribution is -2.37. The lowest BCUT2D eigenvalue weighted by atomic mass is 10.1. The predicted octanol–water partition coefficient (Wildman–Crippen LogP) is 3.26. The van der Waals surface area contributed by atoms with Crippen molar-refractivity contribution < 1.29 is 23.8 Å². The predicted molar refractivity (Wildman–Crippen MR) is 116 cm³/mol. The van der Waals surface area contributed by atoms with Gasteiger partial charge in [0.25, 0.3) is 5.91 Å². The Kier molecular flexibility index (Phi) is 6.60.